The summed E-state index contributed by atoms with van der Waals surface area (Å²) < 4.78 is 26.8. The van der Waals surface area contributed by atoms with Crippen LogP contribution in [0.25, 0.3) is 0 Å². The van der Waals surface area contributed by atoms with Crippen molar-refractivity contribution in [1.82, 2.24) is 15.4 Å². The van der Waals surface area contributed by atoms with E-state index in [1.165, 1.54) is 38.5 Å². The Bertz CT molecular complexity index is 1490. The van der Waals surface area contributed by atoms with Gasteiger partial charge in [0.2, 0.25) is 27.7 Å². The summed E-state index contributed by atoms with van der Waals surface area (Å²) >= 11 is 0. The Morgan fingerprint density at radius 3 is 1.38 bits per heavy atom. The maximum Gasteiger partial charge on any atom is 0.326 e. The molecule has 0 aliphatic heterocycles. The molecule has 0 aromatic heterocycles. The van der Waals surface area contributed by atoms with E-state index in [2.05, 4.69) is 15.4 Å². The van der Waals surface area contributed by atoms with Crippen LogP contribution < -0.4 is 15.4 Å². The fourth-order valence-electron chi connectivity index (χ4n) is 7.61. The van der Waals surface area contributed by atoms with E-state index in [0.717, 1.165) is 96.3 Å². The molecule has 3 amide bonds. The largest absolute Gasteiger partial charge is 0.481 e. The van der Waals surface area contributed by atoms with Crippen molar-refractivity contribution < 1.29 is 62.1 Å². The molecule has 0 aliphatic carbocycles. The molecule has 0 heterocycles. The number of unbranched alkanes of at least 4 members (excludes halogenated alkanes) is 21. The fraction of sp³-hybridized carbons (Fsp3) is 0.833. The van der Waals surface area contributed by atoms with Crippen molar-refractivity contribution in [1.29, 1.82) is 0 Å². The van der Waals surface area contributed by atoms with Crippen molar-refractivity contribution in [3.8, 4) is 0 Å². The maximum atomic E-state index is 12.5. The molecule has 0 saturated heterocycles. The number of ketones is 2. The molecule has 0 aromatic carbocycles. The minimum absolute atomic E-state index is 0.0295. The lowest BCUT2D eigenvalue weighted by Crippen LogP contribution is -2.41. The van der Waals surface area contributed by atoms with E-state index in [0.29, 0.717) is 32.2 Å². The molecular weight excluding hydrogens is 859 g/mol. The SMILES string of the molecule is CCCC(=O)CC[C@H](NC(=O)CC[C@H](CC(=O)CCCCCCCCCCCNC(=O)CCCS(=O)(=O)NC(=O)CCCCCCCCCCCCCCCCC(=O)O)C(=O)O)C(=O)O. The number of hydrogen-bond donors (Lipinski definition) is 6. The number of nitrogens with one attached hydrogen (secondary N) is 3. The van der Waals surface area contributed by atoms with Crippen LogP contribution in [0.15, 0.2) is 0 Å². The first kappa shape index (κ1) is 61.1. The number of rotatable bonds is 47. The highest BCUT2D eigenvalue weighted by Gasteiger charge is 2.25. The van der Waals surface area contributed by atoms with Crippen LogP contribution in [-0.2, 0) is 48.4 Å². The van der Waals surface area contributed by atoms with Crippen LogP contribution in [0.3, 0.4) is 0 Å². The van der Waals surface area contributed by atoms with Gasteiger partial charge in [-0.05, 0) is 51.4 Å². The number of amides is 3. The predicted molar refractivity (Wildman–Crippen MR) is 251 cm³/mol. The van der Waals surface area contributed by atoms with Gasteiger partial charge in [0, 0.05) is 57.9 Å². The maximum absolute atomic E-state index is 12.5. The van der Waals surface area contributed by atoms with Crippen molar-refractivity contribution in [3.63, 3.8) is 0 Å². The van der Waals surface area contributed by atoms with E-state index in [1.54, 1.807) is 0 Å². The van der Waals surface area contributed by atoms with Gasteiger partial charge in [-0.3, -0.25) is 38.3 Å². The van der Waals surface area contributed by atoms with E-state index in [9.17, 15) is 57.0 Å². The standard InChI is InChI=1S/C48H85N3O13S/c1-2-27-40(52)33-34-42(48(61)62)50-44(55)35-32-39(47(59)60)38-41(53)28-22-18-14-10-9-13-17-21-25-36-49-43(54)30-26-37-65(63,64)51-45(56)29-23-19-15-11-7-5-3-4-6-8-12-16-20-24-31-46(57)58/h39,42H,2-38H2,1H3,(H,49,54)(H,50,55)(H,51,56)(H,57,58)(H,59,60)(H,61,62)/t39-,42+/m1/s1. The molecule has 0 rings (SSSR count). The highest BCUT2D eigenvalue weighted by atomic mass is 32.2. The second kappa shape index (κ2) is 40.4. The molecule has 0 radical (unpaired) electrons. The van der Waals surface area contributed by atoms with Gasteiger partial charge in [-0.1, -0.05) is 129 Å². The zero-order valence-corrected chi connectivity index (χ0v) is 40.5. The molecule has 0 aromatic rings. The van der Waals surface area contributed by atoms with Gasteiger partial charge in [0.05, 0.1) is 11.7 Å². The average molecular weight is 944 g/mol. The molecule has 16 nitrogen and oxygen atoms in total. The molecule has 0 unspecified atom stereocenters. The van der Waals surface area contributed by atoms with Crippen LogP contribution >= 0.6 is 0 Å². The topological polar surface area (TPSA) is 267 Å². The van der Waals surface area contributed by atoms with E-state index >= 15 is 0 Å². The average Bonchev–Trinajstić information content (AvgIpc) is 3.23. The Kier molecular flexibility index (Phi) is 38.0. The quantitative estimate of drug-likeness (QED) is 0.0312. The van der Waals surface area contributed by atoms with E-state index in [1.807, 2.05) is 6.92 Å². The van der Waals surface area contributed by atoms with Crippen molar-refractivity contribution in [3.05, 3.63) is 0 Å². The van der Waals surface area contributed by atoms with E-state index in [4.69, 9.17) is 5.11 Å². The Balaban J connectivity index is 3.83. The van der Waals surface area contributed by atoms with Gasteiger partial charge >= 0.3 is 17.9 Å². The summed E-state index contributed by atoms with van der Waals surface area (Å²) in [5.41, 5.74) is 0. The van der Waals surface area contributed by atoms with Crippen LogP contribution in [0.5, 0.6) is 0 Å². The second-order valence-corrected chi connectivity index (χ2v) is 19.5. The zero-order chi connectivity index (χ0) is 48.6. The number of Topliss-reactive ketones (excluding diaryl/α,β-unsaturated/α-hetero) is 2. The first-order valence-corrected chi connectivity index (χ1v) is 26.5. The molecule has 65 heavy (non-hydrogen) atoms. The summed E-state index contributed by atoms with van der Waals surface area (Å²) in [6, 6.07) is -1.24. The van der Waals surface area contributed by atoms with Crippen LogP contribution in [-0.4, -0.2) is 89.3 Å². The number of carbonyl (C=O) groups is 8. The predicted octanol–water partition coefficient (Wildman–Crippen LogP) is 8.72. The lowest BCUT2D eigenvalue weighted by Gasteiger charge is -2.15. The molecule has 0 bridgehead atoms. The molecule has 2 atom stereocenters. The lowest BCUT2D eigenvalue weighted by molar-refractivity contribution is -0.145. The molecule has 0 aliphatic rings. The zero-order valence-electron chi connectivity index (χ0n) is 39.7. The normalized spacial score (nSPS) is 12.3. The molecule has 17 heteroatoms. The van der Waals surface area contributed by atoms with Gasteiger partial charge in [-0.15, -0.1) is 0 Å². The number of aliphatic carboxylic acids is 3. The monoisotopic (exact) mass is 944 g/mol. The van der Waals surface area contributed by atoms with Gasteiger partial charge in [0.15, 0.2) is 0 Å². The number of carboxylic acid groups (broad SMARTS) is 3. The first-order valence-electron chi connectivity index (χ1n) is 24.9. The summed E-state index contributed by atoms with van der Waals surface area (Å²) in [5.74, 6) is -6.11. The van der Waals surface area contributed by atoms with Crippen molar-refractivity contribution in [2.24, 2.45) is 5.92 Å². The first-order chi connectivity index (χ1) is 31.1. The lowest BCUT2D eigenvalue weighted by atomic mass is 9.94. The molecule has 0 saturated carbocycles. The van der Waals surface area contributed by atoms with Gasteiger partial charge in [-0.2, -0.15) is 0 Å². The second-order valence-electron chi connectivity index (χ2n) is 17.7. The highest BCUT2D eigenvalue weighted by Crippen LogP contribution is 2.18. The molecular formula is C48H85N3O13S. The molecule has 6 N–H and O–H groups in total. The highest BCUT2D eigenvalue weighted by molar-refractivity contribution is 7.90. The van der Waals surface area contributed by atoms with Crippen molar-refractivity contribution in [2.75, 3.05) is 12.3 Å². The Hall–Kier alpha value is -3.89. The smallest absolute Gasteiger partial charge is 0.326 e. The molecule has 376 valence electrons. The van der Waals surface area contributed by atoms with Gasteiger partial charge in [0.25, 0.3) is 0 Å². The van der Waals surface area contributed by atoms with E-state index < -0.39 is 51.7 Å². The van der Waals surface area contributed by atoms with Gasteiger partial charge < -0.3 is 26.0 Å². The third-order valence-electron chi connectivity index (χ3n) is 11.5. The summed E-state index contributed by atoms with van der Waals surface area (Å²) in [6.45, 7) is 2.35. The Morgan fingerprint density at radius 1 is 0.446 bits per heavy atom. The number of hydrogen-bond acceptors (Lipinski definition) is 10. The van der Waals surface area contributed by atoms with Crippen LogP contribution in [0, 0.1) is 5.92 Å². The summed E-state index contributed by atoms with van der Waals surface area (Å²) in [7, 11) is -3.79. The van der Waals surface area contributed by atoms with Crippen molar-refractivity contribution in [2.45, 2.75) is 238 Å². The number of sulfonamides is 1. The van der Waals surface area contributed by atoms with Crippen molar-refractivity contribution >= 4 is 57.2 Å². The van der Waals surface area contributed by atoms with Crippen LogP contribution in [0.1, 0.15) is 232 Å². The summed E-state index contributed by atoms with van der Waals surface area (Å²) in [5, 5.41) is 32.8. The minimum Gasteiger partial charge on any atom is -0.481 e. The van der Waals surface area contributed by atoms with Crippen LogP contribution in [0.2, 0.25) is 0 Å². The Labute approximate surface area is 389 Å². The van der Waals surface area contributed by atoms with Gasteiger partial charge in [-0.25, -0.2) is 13.2 Å². The number of carbonyl (C=O) groups excluding carboxylic acids is 5. The Morgan fingerprint density at radius 2 is 0.908 bits per heavy atom. The molecule has 0 fully saturated rings. The summed E-state index contributed by atoms with van der Waals surface area (Å²) in [6.07, 6.45) is 24.6. The third kappa shape index (κ3) is 40.1. The molecule has 0 spiro atoms. The van der Waals surface area contributed by atoms with Gasteiger partial charge in [0.1, 0.15) is 17.6 Å². The number of carboxylic acids is 3. The van der Waals surface area contributed by atoms with E-state index in [-0.39, 0.29) is 87.4 Å². The van der Waals surface area contributed by atoms with Crippen LogP contribution in [0.4, 0.5) is 0 Å². The minimum atomic E-state index is -3.79. The summed E-state index contributed by atoms with van der Waals surface area (Å²) in [4.78, 5) is 94.6. The fourth-order valence-corrected chi connectivity index (χ4v) is 8.69. The third-order valence-corrected chi connectivity index (χ3v) is 12.9.